The van der Waals surface area contributed by atoms with E-state index in [1.165, 1.54) is 16.1 Å². The van der Waals surface area contributed by atoms with Gasteiger partial charge in [-0.1, -0.05) is 36.4 Å². The minimum absolute atomic E-state index is 0.546. The van der Waals surface area contributed by atoms with E-state index < -0.39 is 0 Å². The highest BCUT2D eigenvalue weighted by atomic mass is 32.2. The second kappa shape index (κ2) is 6.69. The number of para-hydroxylation sites is 1. The van der Waals surface area contributed by atoms with E-state index >= 15 is 0 Å². The molecular formula is C18H18N2S. The summed E-state index contributed by atoms with van der Waals surface area (Å²) >= 11 is 1.95. The molecule has 2 nitrogen and oxygen atoms in total. The van der Waals surface area contributed by atoms with Crippen LogP contribution in [0, 0.1) is 11.3 Å². The summed E-state index contributed by atoms with van der Waals surface area (Å²) in [6.07, 6.45) is 0.566. The zero-order valence-corrected chi connectivity index (χ0v) is 12.7. The van der Waals surface area contributed by atoms with Crippen molar-refractivity contribution < 1.29 is 0 Å². The molecule has 1 aliphatic heterocycles. The van der Waals surface area contributed by atoms with Crippen molar-refractivity contribution in [2.45, 2.75) is 17.2 Å². The zero-order valence-electron chi connectivity index (χ0n) is 11.9. The summed E-state index contributed by atoms with van der Waals surface area (Å²) in [6, 6.07) is 21.4. The lowest BCUT2D eigenvalue weighted by atomic mass is 10.0. The number of hydrogen-bond donors (Lipinski definition) is 0. The predicted octanol–water partition coefficient (Wildman–Crippen LogP) is 4.30. The highest BCUT2D eigenvalue weighted by Gasteiger charge is 2.24. The molecule has 2 aromatic rings. The first-order valence-corrected chi connectivity index (χ1v) is 8.25. The predicted molar refractivity (Wildman–Crippen MR) is 88.8 cm³/mol. The van der Waals surface area contributed by atoms with Crippen LogP contribution >= 0.6 is 11.8 Å². The average molecular weight is 294 g/mol. The van der Waals surface area contributed by atoms with Crippen LogP contribution < -0.4 is 4.90 Å². The fraction of sp³-hybridized carbons (Fsp3) is 0.278. The van der Waals surface area contributed by atoms with E-state index in [0.29, 0.717) is 12.3 Å². The Kier molecular flexibility index (Phi) is 4.47. The van der Waals surface area contributed by atoms with Gasteiger partial charge in [0.05, 0.1) is 12.5 Å². The number of fused-ring (bicyclic) bond motifs is 1. The minimum Gasteiger partial charge on any atom is -0.370 e. The number of benzene rings is 2. The van der Waals surface area contributed by atoms with Crippen LogP contribution in [0.5, 0.6) is 0 Å². The fourth-order valence-electron chi connectivity index (χ4n) is 2.80. The van der Waals surface area contributed by atoms with Crippen molar-refractivity contribution in [3.63, 3.8) is 0 Å². The highest BCUT2D eigenvalue weighted by Crippen LogP contribution is 2.40. The van der Waals surface area contributed by atoms with E-state index in [4.69, 9.17) is 5.26 Å². The average Bonchev–Trinajstić information content (AvgIpc) is 2.95. The van der Waals surface area contributed by atoms with Crippen LogP contribution in [0.4, 0.5) is 5.69 Å². The van der Waals surface area contributed by atoms with Crippen molar-refractivity contribution in [2.24, 2.45) is 0 Å². The number of rotatable bonds is 5. The number of hydrogen-bond acceptors (Lipinski definition) is 3. The van der Waals surface area contributed by atoms with Gasteiger partial charge in [0.2, 0.25) is 0 Å². The van der Waals surface area contributed by atoms with Gasteiger partial charge in [0, 0.05) is 35.3 Å². The van der Waals surface area contributed by atoms with Crippen molar-refractivity contribution in [3.8, 4) is 6.07 Å². The molecule has 3 heteroatoms. The van der Waals surface area contributed by atoms with Crippen LogP contribution in [0.2, 0.25) is 0 Å². The van der Waals surface area contributed by atoms with Crippen molar-refractivity contribution in [1.29, 1.82) is 5.26 Å². The number of anilines is 1. The Morgan fingerprint density at radius 1 is 1.10 bits per heavy atom. The molecule has 106 valence electrons. The maximum absolute atomic E-state index is 8.90. The quantitative estimate of drug-likeness (QED) is 0.823. The Labute approximate surface area is 130 Å². The lowest BCUT2D eigenvalue weighted by Crippen LogP contribution is -2.29. The molecule has 3 rings (SSSR count). The molecule has 0 saturated carbocycles. The normalized spacial score (nSPS) is 16.2. The Hall–Kier alpha value is -1.92. The molecule has 0 fully saturated rings. The number of nitriles is 1. The molecule has 1 atom stereocenters. The van der Waals surface area contributed by atoms with Crippen molar-refractivity contribution in [3.05, 3.63) is 60.2 Å². The summed E-state index contributed by atoms with van der Waals surface area (Å²) in [6.45, 7) is 1.78. The van der Waals surface area contributed by atoms with Gasteiger partial charge >= 0.3 is 0 Å². The standard InChI is InChI=1S/C18H18N2S/c19-11-6-12-20(16-7-2-1-3-8-16)13-15-14-21-18-10-5-4-9-17(15)18/h1-5,7-10,15H,6,12-14H2. The van der Waals surface area contributed by atoms with Gasteiger partial charge in [-0.05, 0) is 23.8 Å². The van der Waals surface area contributed by atoms with E-state index in [-0.39, 0.29) is 0 Å². The Bertz CT molecular complexity index is 633. The van der Waals surface area contributed by atoms with Crippen molar-refractivity contribution in [2.75, 3.05) is 23.7 Å². The molecule has 0 spiro atoms. The molecule has 0 aromatic heterocycles. The van der Waals surface area contributed by atoms with Crippen molar-refractivity contribution >= 4 is 17.4 Å². The van der Waals surface area contributed by atoms with Gasteiger partial charge in [-0.25, -0.2) is 0 Å². The van der Waals surface area contributed by atoms with E-state index in [1.54, 1.807) is 0 Å². The molecule has 21 heavy (non-hydrogen) atoms. The molecule has 1 heterocycles. The molecular weight excluding hydrogens is 276 g/mol. The Morgan fingerprint density at radius 3 is 2.67 bits per heavy atom. The van der Waals surface area contributed by atoms with Crippen molar-refractivity contribution in [1.82, 2.24) is 0 Å². The fourth-order valence-corrected chi connectivity index (χ4v) is 4.04. The third kappa shape index (κ3) is 3.22. The molecule has 0 saturated heterocycles. The number of thioether (sulfide) groups is 1. The van der Waals surface area contributed by atoms with E-state index in [1.807, 2.05) is 17.8 Å². The Morgan fingerprint density at radius 2 is 1.86 bits per heavy atom. The molecule has 0 radical (unpaired) electrons. The second-order valence-electron chi connectivity index (χ2n) is 5.24. The largest absolute Gasteiger partial charge is 0.370 e. The molecule has 0 aliphatic carbocycles. The monoisotopic (exact) mass is 294 g/mol. The van der Waals surface area contributed by atoms with Crippen LogP contribution in [-0.2, 0) is 0 Å². The molecule has 1 aliphatic rings. The zero-order chi connectivity index (χ0) is 14.5. The SMILES string of the molecule is N#CCCN(CC1CSc2ccccc21)c1ccccc1. The first kappa shape index (κ1) is 14.0. The minimum atomic E-state index is 0.546. The van der Waals surface area contributed by atoms with Crippen LogP contribution in [0.15, 0.2) is 59.5 Å². The Balaban J connectivity index is 1.78. The highest BCUT2D eigenvalue weighted by molar-refractivity contribution is 7.99. The second-order valence-corrected chi connectivity index (χ2v) is 6.30. The van der Waals surface area contributed by atoms with Gasteiger partial charge in [0.15, 0.2) is 0 Å². The van der Waals surface area contributed by atoms with Gasteiger partial charge in [-0.15, -0.1) is 11.8 Å². The van der Waals surface area contributed by atoms with E-state index in [2.05, 4.69) is 59.5 Å². The van der Waals surface area contributed by atoms with Gasteiger partial charge in [0.25, 0.3) is 0 Å². The topological polar surface area (TPSA) is 27.0 Å². The summed E-state index contributed by atoms with van der Waals surface area (Å²) in [5.41, 5.74) is 2.67. The third-order valence-electron chi connectivity index (χ3n) is 3.85. The summed E-state index contributed by atoms with van der Waals surface area (Å²) in [5.74, 6) is 1.68. The van der Waals surface area contributed by atoms with Gasteiger partial charge in [-0.2, -0.15) is 5.26 Å². The van der Waals surface area contributed by atoms with E-state index in [0.717, 1.165) is 18.8 Å². The molecule has 0 amide bonds. The third-order valence-corrected chi connectivity index (χ3v) is 5.11. The molecule has 2 aromatic carbocycles. The first-order valence-electron chi connectivity index (χ1n) is 7.27. The van der Waals surface area contributed by atoms with Crippen LogP contribution in [0.25, 0.3) is 0 Å². The van der Waals surface area contributed by atoms with Gasteiger partial charge < -0.3 is 4.90 Å². The maximum Gasteiger partial charge on any atom is 0.0640 e. The van der Waals surface area contributed by atoms with Gasteiger partial charge in [0.1, 0.15) is 0 Å². The summed E-state index contributed by atoms with van der Waals surface area (Å²) in [4.78, 5) is 3.76. The lowest BCUT2D eigenvalue weighted by molar-refractivity contribution is 0.698. The maximum atomic E-state index is 8.90. The van der Waals surface area contributed by atoms with Crippen LogP contribution in [0.3, 0.4) is 0 Å². The first-order chi connectivity index (χ1) is 10.4. The number of nitrogens with zero attached hydrogens (tertiary/aromatic N) is 2. The molecule has 0 bridgehead atoms. The van der Waals surface area contributed by atoms with Gasteiger partial charge in [-0.3, -0.25) is 0 Å². The molecule has 1 unspecified atom stereocenters. The summed E-state index contributed by atoms with van der Waals surface area (Å²) < 4.78 is 0. The van der Waals surface area contributed by atoms with Crippen LogP contribution in [0.1, 0.15) is 17.9 Å². The summed E-state index contributed by atoms with van der Waals surface area (Å²) in [7, 11) is 0. The van der Waals surface area contributed by atoms with E-state index in [9.17, 15) is 0 Å². The lowest BCUT2D eigenvalue weighted by Gasteiger charge is -2.27. The summed E-state index contributed by atoms with van der Waals surface area (Å²) in [5, 5.41) is 8.90. The molecule has 0 N–H and O–H groups in total. The smallest absolute Gasteiger partial charge is 0.0640 e. The van der Waals surface area contributed by atoms with Crippen LogP contribution in [-0.4, -0.2) is 18.8 Å².